The van der Waals surface area contributed by atoms with Gasteiger partial charge in [0.1, 0.15) is 5.75 Å². The zero-order chi connectivity index (χ0) is 20.8. The molecule has 150 valence electrons. The van der Waals surface area contributed by atoms with Gasteiger partial charge in [0.2, 0.25) is 5.91 Å². The van der Waals surface area contributed by atoms with Gasteiger partial charge in [-0.05, 0) is 43.2 Å². The molecule has 0 spiro atoms. The number of benzene rings is 2. The molecule has 3 aromatic rings. The van der Waals surface area contributed by atoms with Crippen molar-refractivity contribution in [3.8, 4) is 5.75 Å². The van der Waals surface area contributed by atoms with Crippen LogP contribution in [0.4, 0.5) is 5.69 Å². The first kappa shape index (κ1) is 20.4. The number of rotatable bonds is 8. The molecule has 0 fully saturated rings. The summed E-state index contributed by atoms with van der Waals surface area (Å²) >= 11 is 1.08. The maximum atomic E-state index is 12.1. The van der Waals surface area contributed by atoms with Crippen molar-refractivity contribution in [2.45, 2.75) is 25.7 Å². The van der Waals surface area contributed by atoms with E-state index in [0.717, 1.165) is 28.6 Å². The number of carboxylic acid groups (broad SMARTS) is 1. The summed E-state index contributed by atoms with van der Waals surface area (Å²) in [5.41, 5.74) is 2.54. The van der Waals surface area contributed by atoms with Crippen LogP contribution in [0.2, 0.25) is 0 Å². The number of thioether (sulfide) groups is 1. The summed E-state index contributed by atoms with van der Waals surface area (Å²) in [6.45, 7) is 4.05. The molecule has 0 radical (unpaired) electrons. The van der Waals surface area contributed by atoms with Gasteiger partial charge in [-0.2, -0.15) is 0 Å². The Hall–Kier alpha value is -3.33. The highest BCUT2D eigenvalue weighted by Crippen LogP contribution is 2.24. The molecule has 9 heteroatoms. The molecule has 1 heterocycles. The van der Waals surface area contributed by atoms with Crippen molar-refractivity contribution in [2.24, 2.45) is 0 Å². The average Bonchev–Trinajstić information content (AvgIpc) is 3.14. The number of carboxylic acids is 1. The number of amides is 1. The number of nitrogens with one attached hydrogen (secondary N) is 1. The number of aromatic carboxylic acids is 1. The molecule has 0 aliphatic heterocycles. The lowest BCUT2D eigenvalue weighted by atomic mass is 10.1. The maximum absolute atomic E-state index is 12.1. The zero-order valence-electron chi connectivity index (χ0n) is 15.8. The summed E-state index contributed by atoms with van der Waals surface area (Å²) < 4.78 is 11.3. The Morgan fingerprint density at radius 3 is 2.59 bits per heavy atom. The van der Waals surface area contributed by atoms with Crippen LogP contribution in [0.15, 0.2) is 52.1 Å². The number of anilines is 1. The van der Waals surface area contributed by atoms with Gasteiger partial charge in [0.05, 0.1) is 11.3 Å². The predicted molar refractivity (Wildman–Crippen MR) is 107 cm³/mol. The molecule has 0 unspecified atom stereocenters. The highest BCUT2D eigenvalue weighted by Gasteiger charge is 2.12. The normalized spacial score (nSPS) is 10.6. The zero-order valence-corrected chi connectivity index (χ0v) is 16.7. The van der Waals surface area contributed by atoms with Gasteiger partial charge in [-0.25, -0.2) is 4.79 Å². The number of aromatic nitrogens is 2. The largest absolute Gasteiger partial charge is 0.483 e. The number of ether oxygens (including phenoxy) is 1. The van der Waals surface area contributed by atoms with Gasteiger partial charge in [-0.15, -0.1) is 10.2 Å². The molecule has 1 amide bonds. The summed E-state index contributed by atoms with van der Waals surface area (Å²) in [4.78, 5) is 23.0. The first-order valence-corrected chi connectivity index (χ1v) is 9.68. The Labute approximate surface area is 171 Å². The molecular weight excluding hydrogens is 394 g/mol. The van der Waals surface area contributed by atoms with Crippen molar-refractivity contribution < 1.29 is 23.8 Å². The Bertz CT molecular complexity index is 1010. The molecule has 0 saturated carbocycles. The Morgan fingerprint density at radius 1 is 1.14 bits per heavy atom. The van der Waals surface area contributed by atoms with Gasteiger partial charge in [0.15, 0.2) is 6.61 Å². The van der Waals surface area contributed by atoms with Crippen molar-refractivity contribution in [3.05, 3.63) is 65.0 Å². The van der Waals surface area contributed by atoms with E-state index in [2.05, 4.69) is 15.5 Å². The summed E-state index contributed by atoms with van der Waals surface area (Å²) in [6.07, 6.45) is 0. The van der Waals surface area contributed by atoms with Gasteiger partial charge >= 0.3 is 5.97 Å². The van der Waals surface area contributed by atoms with E-state index in [1.165, 1.54) is 12.1 Å². The second kappa shape index (κ2) is 9.24. The monoisotopic (exact) mass is 413 g/mol. The number of carbonyl (C=O) groups is 2. The van der Waals surface area contributed by atoms with Crippen molar-refractivity contribution >= 4 is 29.3 Å². The van der Waals surface area contributed by atoms with Gasteiger partial charge < -0.3 is 19.6 Å². The fourth-order valence-corrected chi connectivity index (χ4v) is 3.15. The van der Waals surface area contributed by atoms with Crippen LogP contribution in [0.25, 0.3) is 0 Å². The predicted octanol–water partition coefficient (Wildman–Crippen LogP) is 3.69. The SMILES string of the molecule is Cc1cccc(C)c1OCc1nnc(SCC(=O)Nc2cccc(C(=O)O)c2)o1. The summed E-state index contributed by atoms with van der Waals surface area (Å²) in [5, 5.41) is 19.7. The number of hydrogen-bond acceptors (Lipinski definition) is 7. The van der Waals surface area contributed by atoms with Crippen LogP contribution in [0.1, 0.15) is 27.4 Å². The standard InChI is InChI=1S/C20H19N3O5S/c1-12-5-3-6-13(2)18(12)27-10-17-22-23-20(28-17)29-11-16(24)21-15-8-4-7-14(9-15)19(25)26/h3-9H,10-11H2,1-2H3,(H,21,24)(H,25,26). The van der Waals surface area contributed by atoms with Crippen LogP contribution in [0.5, 0.6) is 5.75 Å². The van der Waals surface area contributed by atoms with E-state index >= 15 is 0 Å². The van der Waals surface area contributed by atoms with Crippen LogP contribution in [0.3, 0.4) is 0 Å². The number of carbonyl (C=O) groups excluding carboxylic acids is 1. The van der Waals surface area contributed by atoms with E-state index in [1.807, 2.05) is 32.0 Å². The topological polar surface area (TPSA) is 115 Å². The molecule has 0 aliphatic rings. The number of para-hydroxylation sites is 1. The van der Waals surface area contributed by atoms with Crippen LogP contribution >= 0.6 is 11.8 Å². The number of hydrogen-bond donors (Lipinski definition) is 2. The highest BCUT2D eigenvalue weighted by molar-refractivity contribution is 7.99. The van der Waals surface area contributed by atoms with Gasteiger partial charge in [0, 0.05) is 5.69 Å². The van der Waals surface area contributed by atoms with Crippen molar-refractivity contribution in [3.63, 3.8) is 0 Å². The van der Waals surface area contributed by atoms with Crippen LogP contribution in [-0.4, -0.2) is 32.9 Å². The smallest absolute Gasteiger partial charge is 0.335 e. The molecular formula is C20H19N3O5S. The lowest BCUT2D eigenvalue weighted by molar-refractivity contribution is -0.113. The first-order valence-electron chi connectivity index (χ1n) is 8.70. The fourth-order valence-electron chi connectivity index (χ4n) is 2.57. The molecule has 0 saturated heterocycles. The van der Waals surface area contributed by atoms with Gasteiger partial charge in [-0.1, -0.05) is 36.0 Å². The molecule has 29 heavy (non-hydrogen) atoms. The third-order valence-electron chi connectivity index (χ3n) is 3.92. The average molecular weight is 413 g/mol. The van der Waals surface area contributed by atoms with Gasteiger partial charge in [0.25, 0.3) is 11.1 Å². The molecule has 0 atom stereocenters. The lowest BCUT2D eigenvalue weighted by Gasteiger charge is -2.09. The van der Waals surface area contributed by atoms with Crippen LogP contribution in [0, 0.1) is 13.8 Å². The second-order valence-electron chi connectivity index (χ2n) is 6.19. The van der Waals surface area contributed by atoms with Crippen LogP contribution in [-0.2, 0) is 11.4 Å². The quantitative estimate of drug-likeness (QED) is 0.537. The molecule has 0 bridgehead atoms. The van der Waals surface area contributed by atoms with Crippen LogP contribution < -0.4 is 10.1 Å². The van der Waals surface area contributed by atoms with Crippen molar-refractivity contribution in [1.82, 2.24) is 10.2 Å². The van der Waals surface area contributed by atoms with Crippen molar-refractivity contribution in [2.75, 3.05) is 11.1 Å². The van der Waals surface area contributed by atoms with E-state index in [1.54, 1.807) is 12.1 Å². The Morgan fingerprint density at radius 2 is 1.86 bits per heavy atom. The van der Waals surface area contributed by atoms with Gasteiger partial charge in [-0.3, -0.25) is 4.79 Å². The minimum Gasteiger partial charge on any atom is -0.483 e. The van der Waals surface area contributed by atoms with E-state index in [9.17, 15) is 9.59 Å². The number of aryl methyl sites for hydroxylation is 2. The van der Waals surface area contributed by atoms with E-state index in [4.69, 9.17) is 14.3 Å². The molecule has 0 aliphatic carbocycles. The number of nitrogens with zero attached hydrogens (tertiary/aromatic N) is 2. The molecule has 3 rings (SSSR count). The van der Waals surface area contributed by atoms with E-state index in [0.29, 0.717) is 11.6 Å². The molecule has 2 N–H and O–H groups in total. The molecule has 8 nitrogen and oxygen atoms in total. The van der Waals surface area contributed by atoms with Crippen molar-refractivity contribution in [1.29, 1.82) is 0 Å². The first-order chi connectivity index (χ1) is 13.9. The Balaban J connectivity index is 1.50. The minimum absolute atomic E-state index is 0.0384. The summed E-state index contributed by atoms with van der Waals surface area (Å²) in [6, 6.07) is 11.9. The Kier molecular flexibility index (Phi) is 6.50. The van der Waals surface area contributed by atoms with E-state index < -0.39 is 5.97 Å². The third kappa shape index (κ3) is 5.58. The second-order valence-corrected chi connectivity index (χ2v) is 7.12. The summed E-state index contributed by atoms with van der Waals surface area (Å²) in [7, 11) is 0. The summed E-state index contributed by atoms with van der Waals surface area (Å²) in [5.74, 6) is -0.245. The molecule has 1 aromatic heterocycles. The lowest BCUT2D eigenvalue weighted by Crippen LogP contribution is -2.14. The molecule has 2 aromatic carbocycles. The van der Waals surface area contributed by atoms with E-state index in [-0.39, 0.29) is 29.1 Å². The maximum Gasteiger partial charge on any atom is 0.335 e. The minimum atomic E-state index is -1.06. The fraction of sp³-hybridized carbons (Fsp3) is 0.200. The third-order valence-corrected chi connectivity index (χ3v) is 4.74. The highest BCUT2D eigenvalue weighted by atomic mass is 32.2.